The Morgan fingerprint density at radius 3 is 2.28 bits per heavy atom. The van der Waals surface area contributed by atoms with Gasteiger partial charge in [-0.25, -0.2) is 9.98 Å². The molecular weight excluding hydrogens is 308 g/mol. The second-order valence-electron chi connectivity index (χ2n) is 6.22. The molecule has 3 heteroatoms. The second-order valence-corrected chi connectivity index (χ2v) is 6.22. The van der Waals surface area contributed by atoms with Crippen LogP contribution in [0, 0.1) is 0 Å². The number of ether oxygens (including phenoxy) is 1. The summed E-state index contributed by atoms with van der Waals surface area (Å²) < 4.78 is 5.77. The third-order valence-corrected chi connectivity index (χ3v) is 4.85. The summed E-state index contributed by atoms with van der Waals surface area (Å²) >= 11 is 0. The molecule has 0 N–H and O–H groups in total. The Labute approximate surface area is 144 Å². The first-order valence-corrected chi connectivity index (χ1v) is 8.32. The molecule has 0 saturated carbocycles. The van der Waals surface area contributed by atoms with Crippen LogP contribution in [0.25, 0.3) is 21.5 Å². The summed E-state index contributed by atoms with van der Waals surface area (Å²) in [7, 11) is 1.66. The molecule has 0 spiro atoms. The first kappa shape index (κ1) is 14.3. The molecule has 4 aromatic rings. The van der Waals surface area contributed by atoms with Crippen LogP contribution in [0.4, 0.5) is 0 Å². The first-order chi connectivity index (χ1) is 12.3. The molecule has 0 saturated heterocycles. The molecule has 120 valence electrons. The average Bonchev–Trinajstić information content (AvgIpc) is 3.09. The van der Waals surface area contributed by atoms with Gasteiger partial charge in [-0.05, 0) is 22.2 Å². The third-order valence-electron chi connectivity index (χ3n) is 4.85. The van der Waals surface area contributed by atoms with Crippen molar-refractivity contribution in [2.24, 2.45) is 9.98 Å². The zero-order chi connectivity index (χ0) is 16.9. The lowest BCUT2D eigenvalue weighted by Gasteiger charge is -2.21. The number of fused-ring (bicyclic) bond motifs is 5. The third kappa shape index (κ3) is 2.03. The van der Waals surface area contributed by atoms with Crippen molar-refractivity contribution in [1.82, 2.24) is 0 Å². The van der Waals surface area contributed by atoms with E-state index in [9.17, 15) is 0 Å². The molecule has 0 fully saturated rings. The minimum absolute atomic E-state index is 0.869. The van der Waals surface area contributed by atoms with E-state index in [2.05, 4.69) is 42.5 Å². The SMILES string of the molecule is COC1(c2ccccc2)N=c2ccc3c(ccc4ccccc43)c2=N1. The molecule has 1 unspecified atom stereocenters. The summed E-state index contributed by atoms with van der Waals surface area (Å²) in [5.74, 6) is -0.997. The summed E-state index contributed by atoms with van der Waals surface area (Å²) in [5.41, 5.74) is 0.933. The van der Waals surface area contributed by atoms with Gasteiger partial charge in [-0.15, -0.1) is 0 Å². The van der Waals surface area contributed by atoms with Crippen molar-refractivity contribution in [2.45, 2.75) is 5.85 Å². The largest absolute Gasteiger partial charge is 0.335 e. The van der Waals surface area contributed by atoms with Crippen LogP contribution in [0.1, 0.15) is 5.56 Å². The molecule has 1 aliphatic heterocycles. The first-order valence-electron chi connectivity index (χ1n) is 8.32. The predicted octanol–water partition coefficient (Wildman–Crippen LogP) is 3.70. The second kappa shape index (κ2) is 5.23. The fraction of sp³-hybridized carbons (Fsp3) is 0.0909. The normalized spacial score (nSPS) is 18.8. The lowest BCUT2D eigenvalue weighted by Crippen LogP contribution is -2.22. The van der Waals surface area contributed by atoms with Crippen molar-refractivity contribution >= 4 is 21.5 Å². The maximum atomic E-state index is 5.77. The van der Waals surface area contributed by atoms with Gasteiger partial charge in [0.1, 0.15) is 0 Å². The highest BCUT2D eigenvalue weighted by atomic mass is 16.5. The standard InChI is InChI=1S/C22H16N2O/c1-25-22(16-8-3-2-4-9-16)23-20-14-13-18-17-10-6-5-7-15(17)11-12-19(18)21(20)24-22/h2-14H,1H3. The summed E-state index contributed by atoms with van der Waals surface area (Å²) in [6.07, 6.45) is 0. The monoisotopic (exact) mass is 324 g/mol. The number of nitrogens with zero attached hydrogens (tertiary/aromatic N) is 2. The molecule has 0 amide bonds. The summed E-state index contributed by atoms with van der Waals surface area (Å²) in [4.78, 5) is 9.73. The average molecular weight is 324 g/mol. The highest BCUT2D eigenvalue weighted by Gasteiger charge is 2.33. The van der Waals surface area contributed by atoms with Gasteiger partial charge in [0, 0.05) is 18.1 Å². The molecule has 1 atom stereocenters. The Hall–Kier alpha value is -3.04. The van der Waals surface area contributed by atoms with Crippen LogP contribution in [0.2, 0.25) is 0 Å². The van der Waals surface area contributed by atoms with E-state index in [1.54, 1.807) is 7.11 Å². The van der Waals surface area contributed by atoms with E-state index in [1.807, 2.05) is 36.4 Å². The molecule has 5 rings (SSSR count). The smallest absolute Gasteiger partial charge is 0.285 e. The minimum atomic E-state index is -0.997. The van der Waals surface area contributed by atoms with Gasteiger partial charge in [-0.2, -0.15) is 0 Å². The van der Waals surface area contributed by atoms with Crippen LogP contribution < -0.4 is 10.7 Å². The molecular formula is C22H16N2O. The molecule has 1 heterocycles. The van der Waals surface area contributed by atoms with Crippen molar-refractivity contribution in [3.05, 3.63) is 95.1 Å². The van der Waals surface area contributed by atoms with Crippen LogP contribution in [0.3, 0.4) is 0 Å². The van der Waals surface area contributed by atoms with E-state index >= 15 is 0 Å². The number of hydrogen-bond acceptors (Lipinski definition) is 3. The van der Waals surface area contributed by atoms with Crippen LogP contribution in [-0.4, -0.2) is 7.11 Å². The molecule has 25 heavy (non-hydrogen) atoms. The van der Waals surface area contributed by atoms with E-state index in [-0.39, 0.29) is 0 Å². The Morgan fingerprint density at radius 2 is 1.44 bits per heavy atom. The lowest BCUT2D eigenvalue weighted by atomic mass is 10.0. The fourth-order valence-corrected chi connectivity index (χ4v) is 3.60. The van der Waals surface area contributed by atoms with Crippen molar-refractivity contribution in [1.29, 1.82) is 0 Å². The molecule has 0 aliphatic carbocycles. The van der Waals surface area contributed by atoms with Gasteiger partial charge in [-0.1, -0.05) is 72.8 Å². The predicted molar refractivity (Wildman–Crippen MR) is 98.9 cm³/mol. The van der Waals surface area contributed by atoms with Crippen LogP contribution >= 0.6 is 0 Å². The fourth-order valence-electron chi connectivity index (χ4n) is 3.60. The van der Waals surface area contributed by atoms with E-state index < -0.39 is 5.85 Å². The Morgan fingerprint density at radius 1 is 0.680 bits per heavy atom. The number of methoxy groups -OCH3 is 1. The van der Waals surface area contributed by atoms with Gasteiger partial charge < -0.3 is 4.74 Å². The molecule has 0 aromatic heterocycles. The maximum Gasteiger partial charge on any atom is 0.285 e. The topological polar surface area (TPSA) is 34.0 Å². The van der Waals surface area contributed by atoms with Crippen molar-refractivity contribution in [2.75, 3.05) is 7.11 Å². The highest BCUT2D eigenvalue weighted by Crippen LogP contribution is 2.30. The quantitative estimate of drug-likeness (QED) is 0.518. The van der Waals surface area contributed by atoms with E-state index in [0.717, 1.165) is 21.7 Å². The number of hydrogen-bond donors (Lipinski definition) is 0. The van der Waals surface area contributed by atoms with Crippen LogP contribution in [0.5, 0.6) is 0 Å². The van der Waals surface area contributed by atoms with Gasteiger partial charge >= 0.3 is 0 Å². The highest BCUT2D eigenvalue weighted by molar-refractivity contribution is 6.07. The van der Waals surface area contributed by atoms with E-state index in [4.69, 9.17) is 14.7 Å². The van der Waals surface area contributed by atoms with Gasteiger partial charge in [-0.3, -0.25) is 0 Å². The van der Waals surface area contributed by atoms with Crippen molar-refractivity contribution in [3.8, 4) is 0 Å². The zero-order valence-corrected chi connectivity index (χ0v) is 13.8. The molecule has 3 nitrogen and oxygen atoms in total. The molecule has 4 aromatic carbocycles. The summed E-state index contributed by atoms with van der Waals surface area (Å²) in [5, 5.41) is 6.52. The Bertz CT molecular complexity index is 1230. The molecule has 1 aliphatic rings. The summed E-state index contributed by atoms with van der Waals surface area (Å²) in [6, 6.07) is 26.8. The van der Waals surface area contributed by atoms with E-state index in [0.29, 0.717) is 0 Å². The van der Waals surface area contributed by atoms with Crippen molar-refractivity contribution in [3.63, 3.8) is 0 Å². The Kier molecular flexibility index (Phi) is 2.99. The maximum absolute atomic E-state index is 5.77. The van der Waals surface area contributed by atoms with Crippen LogP contribution in [-0.2, 0) is 10.6 Å². The van der Waals surface area contributed by atoms with Gasteiger partial charge in [0.05, 0.1) is 10.7 Å². The lowest BCUT2D eigenvalue weighted by molar-refractivity contribution is -0.000429. The summed E-state index contributed by atoms with van der Waals surface area (Å²) in [6.45, 7) is 0. The van der Waals surface area contributed by atoms with E-state index in [1.165, 1.54) is 16.2 Å². The van der Waals surface area contributed by atoms with Crippen LogP contribution in [0.15, 0.2) is 88.8 Å². The Balaban J connectivity index is 1.87. The minimum Gasteiger partial charge on any atom is -0.335 e. The van der Waals surface area contributed by atoms with Crippen molar-refractivity contribution < 1.29 is 4.74 Å². The molecule has 0 bridgehead atoms. The number of benzene rings is 4. The van der Waals surface area contributed by atoms with Gasteiger partial charge in [0.25, 0.3) is 5.85 Å². The van der Waals surface area contributed by atoms with Gasteiger partial charge in [0.15, 0.2) is 0 Å². The zero-order valence-electron chi connectivity index (χ0n) is 13.8. The number of rotatable bonds is 2. The molecule has 0 radical (unpaired) electrons. The van der Waals surface area contributed by atoms with Gasteiger partial charge in [0.2, 0.25) is 0 Å².